The molecule has 3 nitrogen and oxygen atoms in total. The Labute approximate surface area is 110 Å². The van der Waals surface area contributed by atoms with Crippen LogP contribution in [0.5, 0.6) is 0 Å². The lowest BCUT2D eigenvalue weighted by Crippen LogP contribution is -2.21. The number of allylic oxidation sites excluding steroid dienone is 1. The highest BCUT2D eigenvalue weighted by molar-refractivity contribution is 5.83. The molecule has 0 amide bonds. The van der Waals surface area contributed by atoms with Gasteiger partial charge >= 0.3 is 0 Å². The summed E-state index contributed by atoms with van der Waals surface area (Å²) in [6, 6.07) is 12.3. The second-order valence-corrected chi connectivity index (χ2v) is 4.67. The molecule has 0 atom stereocenters. The molecule has 0 saturated carbocycles. The van der Waals surface area contributed by atoms with Gasteiger partial charge in [0.05, 0.1) is 5.70 Å². The minimum atomic E-state index is 0.801. The quantitative estimate of drug-likeness (QED) is 0.796. The topological polar surface area (TPSA) is 37.6 Å². The summed E-state index contributed by atoms with van der Waals surface area (Å²) >= 11 is 0. The Bertz CT molecular complexity index is 830. The first-order valence-electron chi connectivity index (χ1n) is 6.27. The lowest BCUT2D eigenvalue weighted by Gasteiger charge is -1.99. The number of fused-ring (bicyclic) bond motifs is 2. The lowest BCUT2D eigenvalue weighted by molar-refractivity contribution is 1.06. The summed E-state index contributed by atoms with van der Waals surface area (Å²) in [4.78, 5) is 4.04. The van der Waals surface area contributed by atoms with E-state index in [4.69, 9.17) is 0 Å². The first kappa shape index (κ1) is 10.4. The summed E-state index contributed by atoms with van der Waals surface area (Å²) in [5, 5.41) is 11.1. The Morgan fingerprint density at radius 2 is 1.74 bits per heavy atom. The normalized spacial score (nSPS) is 15.5. The van der Waals surface area contributed by atoms with Crippen LogP contribution in [0.4, 0.5) is 0 Å². The van der Waals surface area contributed by atoms with Gasteiger partial charge in [0.2, 0.25) is 0 Å². The summed E-state index contributed by atoms with van der Waals surface area (Å²) in [6.45, 7) is 0. The molecule has 1 aliphatic carbocycles. The van der Waals surface area contributed by atoms with Crippen LogP contribution in [-0.2, 0) is 6.42 Å². The molecular weight excluding hydrogens is 234 g/mol. The monoisotopic (exact) mass is 245 g/mol. The molecule has 0 radical (unpaired) electrons. The lowest BCUT2D eigenvalue weighted by atomic mass is 10.1. The summed E-state index contributed by atoms with van der Waals surface area (Å²) in [7, 11) is 0. The standard InChI is InChI=1S/C16H11N3/c1-2-4-13-12(3-1)10-14-15(18-19-16(13)14)9-11-5-7-17-8-6-11/h1-8,10H,9H2. The Balaban J connectivity index is 1.83. The highest BCUT2D eigenvalue weighted by Crippen LogP contribution is 2.30. The van der Waals surface area contributed by atoms with Crippen LogP contribution in [0.25, 0.3) is 11.8 Å². The number of pyridine rings is 1. The van der Waals surface area contributed by atoms with Gasteiger partial charge in [-0.1, -0.05) is 24.3 Å². The molecule has 0 spiro atoms. The van der Waals surface area contributed by atoms with Crippen molar-refractivity contribution in [2.24, 2.45) is 10.2 Å². The van der Waals surface area contributed by atoms with E-state index in [-0.39, 0.29) is 0 Å². The second kappa shape index (κ2) is 3.99. The van der Waals surface area contributed by atoms with Crippen molar-refractivity contribution < 1.29 is 0 Å². The molecular formula is C16H11N3. The number of azo groups is 1. The van der Waals surface area contributed by atoms with Crippen LogP contribution in [-0.4, -0.2) is 4.98 Å². The predicted molar refractivity (Wildman–Crippen MR) is 73.4 cm³/mol. The zero-order valence-electron chi connectivity index (χ0n) is 10.2. The molecule has 0 saturated heterocycles. The maximum atomic E-state index is 4.34. The molecule has 0 bridgehead atoms. The van der Waals surface area contributed by atoms with Crippen molar-refractivity contribution in [3.63, 3.8) is 0 Å². The molecule has 0 fully saturated rings. The van der Waals surface area contributed by atoms with Crippen LogP contribution in [0.2, 0.25) is 0 Å². The van der Waals surface area contributed by atoms with Crippen LogP contribution in [0, 0.1) is 0 Å². The summed E-state index contributed by atoms with van der Waals surface area (Å²) in [6.07, 6.45) is 6.60. The van der Waals surface area contributed by atoms with E-state index in [1.807, 2.05) is 30.6 Å². The van der Waals surface area contributed by atoms with E-state index < -0.39 is 0 Å². The minimum Gasteiger partial charge on any atom is -0.265 e. The van der Waals surface area contributed by atoms with Crippen molar-refractivity contribution in [2.45, 2.75) is 6.42 Å². The molecule has 19 heavy (non-hydrogen) atoms. The molecule has 2 aromatic rings. The predicted octanol–water partition coefficient (Wildman–Crippen LogP) is 1.95. The average molecular weight is 245 g/mol. The minimum absolute atomic E-state index is 0.801. The smallest absolute Gasteiger partial charge is 0.103 e. The fraction of sp³-hybridized carbons (Fsp3) is 0.0625. The van der Waals surface area contributed by atoms with Gasteiger partial charge in [-0.2, -0.15) is 5.11 Å². The van der Waals surface area contributed by atoms with E-state index in [2.05, 4.69) is 39.5 Å². The zero-order valence-corrected chi connectivity index (χ0v) is 10.2. The van der Waals surface area contributed by atoms with Crippen molar-refractivity contribution in [1.82, 2.24) is 4.98 Å². The van der Waals surface area contributed by atoms with Crippen LogP contribution >= 0.6 is 0 Å². The van der Waals surface area contributed by atoms with E-state index in [1.165, 1.54) is 16.0 Å². The van der Waals surface area contributed by atoms with Crippen molar-refractivity contribution in [3.8, 4) is 0 Å². The maximum Gasteiger partial charge on any atom is 0.103 e. The third-order valence-corrected chi connectivity index (χ3v) is 3.47. The van der Waals surface area contributed by atoms with Crippen LogP contribution in [0.15, 0.2) is 70.3 Å². The van der Waals surface area contributed by atoms with E-state index in [1.54, 1.807) is 0 Å². The van der Waals surface area contributed by atoms with Crippen molar-refractivity contribution in [1.29, 1.82) is 0 Å². The Morgan fingerprint density at radius 3 is 2.63 bits per heavy atom. The Hall–Kier alpha value is -2.55. The number of benzene rings is 1. The number of rotatable bonds is 2. The van der Waals surface area contributed by atoms with Crippen molar-refractivity contribution in [2.75, 3.05) is 0 Å². The van der Waals surface area contributed by atoms with Gasteiger partial charge in [-0.25, -0.2) is 0 Å². The second-order valence-electron chi connectivity index (χ2n) is 4.67. The molecule has 4 rings (SSSR count). The Kier molecular flexibility index (Phi) is 2.18. The number of aromatic nitrogens is 1. The van der Waals surface area contributed by atoms with Crippen LogP contribution < -0.4 is 10.4 Å². The first-order chi connectivity index (χ1) is 9.42. The highest BCUT2D eigenvalue weighted by Gasteiger charge is 2.20. The zero-order chi connectivity index (χ0) is 12.7. The summed E-state index contributed by atoms with van der Waals surface area (Å²) in [5.41, 5.74) is 4.43. The molecule has 3 heteroatoms. The van der Waals surface area contributed by atoms with Gasteiger partial charge < -0.3 is 0 Å². The molecule has 1 aromatic carbocycles. The molecule has 2 aliphatic rings. The van der Waals surface area contributed by atoms with Crippen molar-refractivity contribution >= 4 is 11.8 Å². The SMILES string of the molecule is C1=c2ccccc2=C2N=NC(Cc3ccncc3)=C12. The highest BCUT2D eigenvalue weighted by atomic mass is 15.1. The largest absolute Gasteiger partial charge is 0.265 e. The Morgan fingerprint density at radius 1 is 0.895 bits per heavy atom. The maximum absolute atomic E-state index is 4.34. The van der Waals surface area contributed by atoms with Gasteiger partial charge in [0, 0.05) is 29.6 Å². The van der Waals surface area contributed by atoms with Gasteiger partial charge in [0.15, 0.2) is 0 Å². The van der Waals surface area contributed by atoms with Gasteiger partial charge in [-0.3, -0.25) is 4.98 Å². The molecule has 2 heterocycles. The molecule has 1 aromatic heterocycles. The molecule has 90 valence electrons. The number of hydrogen-bond donors (Lipinski definition) is 0. The van der Waals surface area contributed by atoms with E-state index >= 15 is 0 Å². The van der Waals surface area contributed by atoms with Gasteiger partial charge in [0.1, 0.15) is 5.70 Å². The molecule has 1 aliphatic heterocycles. The molecule has 0 N–H and O–H groups in total. The van der Waals surface area contributed by atoms with Gasteiger partial charge in [0.25, 0.3) is 0 Å². The van der Waals surface area contributed by atoms with E-state index in [0.29, 0.717) is 0 Å². The van der Waals surface area contributed by atoms with Crippen LogP contribution in [0.3, 0.4) is 0 Å². The fourth-order valence-corrected chi connectivity index (χ4v) is 2.52. The average Bonchev–Trinajstić information content (AvgIpc) is 3.00. The number of nitrogens with zero attached hydrogens (tertiary/aromatic N) is 3. The summed E-state index contributed by atoms with van der Waals surface area (Å²) in [5.74, 6) is 0. The van der Waals surface area contributed by atoms with E-state index in [9.17, 15) is 0 Å². The van der Waals surface area contributed by atoms with Gasteiger partial charge in [-0.15, -0.1) is 5.11 Å². The number of hydrogen-bond acceptors (Lipinski definition) is 3. The molecule has 0 unspecified atom stereocenters. The van der Waals surface area contributed by atoms with Gasteiger partial charge in [-0.05, 0) is 29.0 Å². The third-order valence-electron chi connectivity index (χ3n) is 3.47. The third kappa shape index (κ3) is 1.63. The van der Waals surface area contributed by atoms with E-state index in [0.717, 1.165) is 23.4 Å². The van der Waals surface area contributed by atoms with Crippen molar-refractivity contribution in [3.05, 3.63) is 76.1 Å². The van der Waals surface area contributed by atoms with Crippen LogP contribution in [0.1, 0.15) is 5.56 Å². The fourth-order valence-electron chi connectivity index (χ4n) is 2.52. The summed E-state index contributed by atoms with van der Waals surface area (Å²) < 4.78 is 0. The first-order valence-corrected chi connectivity index (χ1v) is 6.27.